The summed E-state index contributed by atoms with van der Waals surface area (Å²) in [7, 11) is 0. The lowest BCUT2D eigenvalue weighted by Gasteiger charge is -2.35. The van der Waals surface area contributed by atoms with E-state index in [1.54, 1.807) is 24.9 Å². The van der Waals surface area contributed by atoms with Gasteiger partial charge in [-0.1, -0.05) is 5.16 Å². The summed E-state index contributed by atoms with van der Waals surface area (Å²) >= 11 is 0. The van der Waals surface area contributed by atoms with Gasteiger partial charge in [0.25, 0.3) is 11.8 Å². The molecule has 0 saturated carbocycles. The maximum Gasteiger partial charge on any atom is 0.257 e. The van der Waals surface area contributed by atoms with Crippen LogP contribution in [0.2, 0.25) is 0 Å². The zero-order chi connectivity index (χ0) is 16.6. The highest BCUT2D eigenvalue weighted by Crippen LogP contribution is 2.25. The lowest BCUT2D eigenvalue weighted by molar-refractivity contribution is -0.0810. The average Bonchev–Trinajstić information content (AvgIpc) is 2.93. The molecule has 2 atom stereocenters. The zero-order valence-electron chi connectivity index (χ0n) is 13.6. The predicted octanol–water partition coefficient (Wildman–Crippen LogP) is 1.39. The van der Waals surface area contributed by atoms with Crippen molar-refractivity contribution in [3.63, 3.8) is 0 Å². The Morgan fingerprint density at radius 1 is 1.22 bits per heavy atom. The highest BCUT2D eigenvalue weighted by atomic mass is 16.5. The number of morpholine rings is 1. The standard InChI is InChI=1S/C15H19N5O3/c1-8-6-20(7-13(22-8)14-18-11(4)19-23-14)15(21)12-5-16-10(3)17-9(12)2/h5,8,13H,6-7H2,1-4H3/t8-,13-/m1/s1. The second-order valence-corrected chi connectivity index (χ2v) is 5.74. The molecule has 1 fully saturated rings. The van der Waals surface area contributed by atoms with Crippen molar-refractivity contribution in [2.75, 3.05) is 13.1 Å². The second kappa shape index (κ2) is 6.04. The summed E-state index contributed by atoms with van der Waals surface area (Å²) in [4.78, 5) is 27.1. The third-order valence-corrected chi connectivity index (χ3v) is 3.70. The number of nitrogens with zero attached hydrogens (tertiary/aromatic N) is 5. The van der Waals surface area contributed by atoms with E-state index in [9.17, 15) is 4.79 Å². The van der Waals surface area contributed by atoms with Gasteiger partial charge in [0.1, 0.15) is 5.82 Å². The van der Waals surface area contributed by atoms with Gasteiger partial charge in [0, 0.05) is 12.7 Å². The first kappa shape index (κ1) is 15.5. The topological polar surface area (TPSA) is 94.2 Å². The minimum Gasteiger partial charge on any atom is -0.362 e. The van der Waals surface area contributed by atoms with Gasteiger partial charge >= 0.3 is 0 Å². The molecule has 23 heavy (non-hydrogen) atoms. The van der Waals surface area contributed by atoms with Crippen molar-refractivity contribution in [2.24, 2.45) is 0 Å². The second-order valence-electron chi connectivity index (χ2n) is 5.74. The molecule has 1 aliphatic rings. The summed E-state index contributed by atoms with van der Waals surface area (Å²) in [6.07, 6.45) is 1.03. The molecule has 3 rings (SSSR count). The molecule has 8 nitrogen and oxygen atoms in total. The summed E-state index contributed by atoms with van der Waals surface area (Å²) < 4.78 is 11.0. The Labute approximate surface area is 133 Å². The highest BCUT2D eigenvalue weighted by molar-refractivity contribution is 5.95. The minimum absolute atomic E-state index is 0.112. The number of amides is 1. The van der Waals surface area contributed by atoms with E-state index in [1.807, 2.05) is 13.8 Å². The fourth-order valence-corrected chi connectivity index (χ4v) is 2.66. The number of rotatable bonds is 2. The van der Waals surface area contributed by atoms with E-state index in [4.69, 9.17) is 9.26 Å². The number of hydrogen-bond donors (Lipinski definition) is 0. The molecule has 122 valence electrons. The van der Waals surface area contributed by atoms with Crippen LogP contribution in [0.4, 0.5) is 0 Å². The van der Waals surface area contributed by atoms with Crippen molar-refractivity contribution in [3.05, 3.63) is 35.0 Å². The molecule has 0 unspecified atom stereocenters. The number of ether oxygens (including phenoxy) is 1. The molecule has 1 saturated heterocycles. The van der Waals surface area contributed by atoms with E-state index in [0.717, 1.165) is 0 Å². The molecule has 0 spiro atoms. The van der Waals surface area contributed by atoms with Gasteiger partial charge in [-0.15, -0.1) is 0 Å². The molecule has 2 aromatic rings. The molecule has 3 heterocycles. The van der Waals surface area contributed by atoms with E-state index in [0.29, 0.717) is 41.9 Å². The van der Waals surface area contributed by atoms with Gasteiger partial charge in [-0.05, 0) is 27.7 Å². The monoisotopic (exact) mass is 317 g/mol. The highest BCUT2D eigenvalue weighted by Gasteiger charge is 2.33. The Bertz CT molecular complexity index is 730. The van der Waals surface area contributed by atoms with Gasteiger partial charge in [0.2, 0.25) is 0 Å². The molecule has 0 radical (unpaired) electrons. The first-order valence-electron chi connectivity index (χ1n) is 7.49. The van der Waals surface area contributed by atoms with Crippen molar-refractivity contribution < 1.29 is 14.1 Å². The lowest BCUT2D eigenvalue weighted by atomic mass is 10.1. The van der Waals surface area contributed by atoms with Crippen molar-refractivity contribution in [1.29, 1.82) is 0 Å². The number of carbonyl (C=O) groups excluding carboxylic acids is 1. The molecule has 0 aliphatic carbocycles. The average molecular weight is 317 g/mol. The normalized spacial score (nSPS) is 21.5. The van der Waals surface area contributed by atoms with Crippen LogP contribution in [0.3, 0.4) is 0 Å². The first-order valence-corrected chi connectivity index (χ1v) is 7.49. The molecule has 2 aromatic heterocycles. The Morgan fingerprint density at radius 2 is 2.00 bits per heavy atom. The van der Waals surface area contributed by atoms with Crippen molar-refractivity contribution >= 4 is 5.91 Å². The Hall–Kier alpha value is -2.35. The molecule has 1 aliphatic heterocycles. The van der Waals surface area contributed by atoms with Crippen LogP contribution < -0.4 is 0 Å². The summed E-state index contributed by atoms with van der Waals surface area (Å²) in [5.74, 6) is 1.47. The van der Waals surface area contributed by atoms with Crippen LogP contribution in [0.5, 0.6) is 0 Å². The van der Waals surface area contributed by atoms with E-state index >= 15 is 0 Å². The van der Waals surface area contributed by atoms with Crippen molar-refractivity contribution in [3.8, 4) is 0 Å². The van der Waals surface area contributed by atoms with Gasteiger partial charge in [-0.25, -0.2) is 9.97 Å². The van der Waals surface area contributed by atoms with Crippen LogP contribution in [-0.2, 0) is 4.74 Å². The van der Waals surface area contributed by atoms with Gasteiger partial charge in [0.15, 0.2) is 11.9 Å². The minimum atomic E-state index is -0.421. The first-order chi connectivity index (χ1) is 10.9. The van der Waals surface area contributed by atoms with Gasteiger partial charge in [0.05, 0.1) is 23.9 Å². The zero-order valence-corrected chi connectivity index (χ0v) is 13.6. The van der Waals surface area contributed by atoms with Crippen LogP contribution in [-0.4, -0.2) is 50.1 Å². The van der Waals surface area contributed by atoms with Crippen LogP contribution in [0.25, 0.3) is 0 Å². The van der Waals surface area contributed by atoms with Crippen LogP contribution in [0.1, 0.15) is 46.6 Å². The third kappa shape index (κ3) is 3.21. The smallest absolute Gasteiger partial charge is 0.257 e. The summed E-state index contributed by atoms with van der Waals surface area (Å²) in [5.41, 5.74) is 1.18. The van der Waals surface area contributed by atoms with E-state index < -0.39 is 6.10 Å². The number of aromatic nitrogens is 4. The van der Waals surface area contributed by atoms with E-state index in [2.05, 4.69) is 20.1 Å². The van der Waals surface area contributed by atoms with Crippen molar-refractivity contribution in [2.45, 2.75) is 39.9 Å². The Kier molecular flexibility index (Phi) is 4.08. The fraction of sp³-hybridized carbons (Fsp3) is 0.533. The van der Waals surface area contributed by atoms with Crippen LogP contribution in [0, 0.1) is 20.8 Å². The number of hydrogen-bond acceptors (Lipinski definition) is 7. The predicted molar refractivity (Wildman–Crippen MR) is 79.7 cm³/mol. The fourth-order valence-electron chi connectivity index (χ4n) is 2.66. The lowest BCUT2D eigenvalue weighted by Crippen LogP contribution is -2.46. The van der Waals surface area contributed by atoms with Crippen LogP contribution >= 0.6 is 0 Å². The molecular formula is C15H19N5O3. The quantitative estimate of drug-likeness (QED) is 0.826. The SMILES string of the molecule is Cc1noc([C@H]2CN(C(=O)c3cnc(C)nc3C)C[C@@H](C)O2)n1. The third-order valence-electron chi connectivity index (χ3n) is 3.70. The molecule has 0 N–H and O–H groups in total. The molecule has 8 heteroatoms. The van der Waals surface area contributed by atoms with Gasteiger partial charge < -0.3 is 14.2 Å². The molecular weight excluding hydrogens is 298 g/mol. The maximum atomic E-state index is 12.8. The summed E-state index contributed by atoms with van der Waals surface area (Å²) in [6.45, 7) is 8.12. The number of aryl methyl sites for hydroxylation is 3. The van der Waals surface area contributed by atoms with Gasteiger partial charge in [-0.3, -0.25) is 4.79 Å². The summed E-state index contributed by atoms with van der Waals surface area (Å²) in [6, 6.07) is 0. The van der Waals surface area contributed by atoms with Crippen molar-refractivity contribution in [1.82, 2.24) is 25.0 Å². The maximum absolute atomic E-state index is 12.8. The van der Waals surface area contributed by atoms with Crippen LogP contribution in [0.15, 0.2) is 10.7 Å². The van der Waals surface area contributed by atoms with Gasteiger partial charge in [-0.2, -0.15) is 4.98 Å². The Morgan fingerprint density at radius 3 is 2.65 bits per heavy atom. The number of carbonyl (C=O) groups is 1. The van der Waals surface area contributed by atoms with E-state index in [1.165, 1.54) is 0 Å². The summed E-state index contributed by atoms with van der Waals surface area (Å²) in [5, 5.41) is 3.78. The largest absolute Gasteiger partial charge is 0.362 e. The molecule has 0 bridgehead atoms. The van der Waals surface area contributed by atoms with E-state index in [-0.39, 0.29) is 12.0 Å². The molecule has 1 amide bonds. The molecule has 0 aromatic carbocycles. The Balaban J connectivity index is 1.82.